The third-order valence-corrected chi connectivity index (χ3v) is 1.48. The first-order valence-corrected chi connectivity index (χ1v) is 4.08. The van der Waals surface area contributed by atoms with Crippen LogP contribution in [0.5, 0.6) is 0 Å². The molecule has 0 bridgehead atoms. The van der Waals surface area contributed by atoms with Crippen LogP contribution in [0, 0.1) is 17.1 Å². The van der Waals surface area contributed by atoms with Gasteiger partial charge in [0.25, 0.3) is 0 Å². The fourth-order valence-corrected chi connectivity index (χ4v) is 0.823. The molecule has 0 unspecified atom stereocenters. The number of rotatable bonds is 4. The van der Waals surface area contributed by atoms with E-state index in [1.807, 2.05) is 6.07 Å². The van der Waals surface area contributed by atoms with Crippen LogP contribution in [0.15, 0.2) is 29.4 Å². The van der Waals surface area contributed by atoms with E-state index in [0.717, 1.165) is 5.56 Å². The normalized spacial score (nSPS) is 10.0. The van der Waals surface area contributed by atoms with Gasteiger partial charge in [0.2, 0.25) is 0 Å². The van der Waals surface area contributed by atoms with Gasteiger partial charge in [0.1, 0.15) is 12.4 Å². The van der Waals surface area contributed by atoms with Crippen molar-refractivity contribution in [1.82, 2.24) is 0 Å². The lowest BCUT2D eigenvalue weighted by atomic mass is 10.2. The van der Waals surface area contributed by atoms with Crippen molar-refractivity contribution in [3.05, 3.63) is 35.6 Å². The first-order chi connectivity index (χ1) is 6.83. The summed E-state index contributed by atoms with van der Waals surface area (Å²) in [4.78, 5) is 4.86. The van der Waals surface area contributed by atoms with Gasteiger partial charge in [0.15, 0.2) is 0 Å². The quantitative estimate of drug-likeness (QED) is 0.542. The molecule has 4 heteroatoms. The topological polar surface area (TPSA) is 45.4 Å². The highest BCUT2D eigenvalue weighted by molar-refractivity contribution is 5.59. The zero-order valence-electron chi connectivity index (χ0n) is 7.48. The van der Waals surface area contributed by atoms with Crippen LogP contribution in [-0.2, 0) is 11.4 Å². The van der Waals surface area contributed by atoms with Crippen molar-refractivity contribution in [1.29, 1.82) is 5.26 Å². The van der Waals surface area contributed by atoms with E-state index in [-0.39, 0.29) is 18.8 Å². The lowest BCUT2D eigenvalue weighted by molar-refractivity contribution is 0.131. The number of nitriles is 1. The number of oxime groups is 1. The molecule has 0 saturated heterocycles. The number of benzene rings is 1. The highest BCUT2D eigenvalue weighted by Gasteiger charge is 1.92. The molecule has 0 fully saturated rings. The summed E-state index contributed by atoms with van der Waals surface area (Å²) in [7, 11) is 0. The van der Waals surface area contributed by atoms with E-state index in [4.69, 9.17) is 10.1 Å². The average molecular weight is 192 g/mol. The molecule has 0 amide bonds. The molecule has 0 radical (unpaired) electrons. The molecule has 0 aromatic heterocycles. The number of hydrogen-bond donors (Lipinski definition) is 0. The van der Waals surface area contributed by atoms with Crippen LogP contribution in [0.4, 0.5) is 4.39 Å². The zero-order valence-corrected chi connectivity index (χ0v) is 7.48. The van der Waals surface area contributed by atoms with Crippen molar-refractivity contribution in [3.8, 4) is 6.07 Å². The highest BCUT2D eigenvalue weighted by atomic mass is 19.1. The fraction of sp³-hybridized carbons (Fsp3) is 0.200. The van der Waals surface area contributed by atoms with Gasteiger partial charge in [-0.1, -0.05) is 17.3 Å². The SMILES string of the molecule is N#CC/C=N\OCc1ccc(F)cc1. The van der Waals surface area contributed by atoms with Gasteiger partial charge in [-0.2, -0.15) is 5.26 Å². The van der Waals surface area contributed by atoms with E-state index in [0.29, 0.717) is 0 Å². The molecule has 0 heterocycles. The molecule has 1 rings (SSSR count). The minimum absolute atomic E-state index is 0.226. The first-order valence-electron chi connectivity index (χ1n) is 4.08. The molecule has 0 saturated carbocycles. The second kappa shape index (κ2) is 5.70. The molecule has 72 valence electrons. The van der Waals surface area contributed by atoms with E-state index in [2.05, 4.69) is 5.16 Å². The molecule has 14 heavy (non-hydrogen) atoms. The van der Waals surface area contributed by atoms with E-state index < -0.39 is 0 Å². The maximum atomic E-state index is 12.5. The third-order valence-electron chi connectivity index (χ3n) is 1.48. The Morgan fingerprint density at radius 2 is 2.14 bits per heavy atom. The Kier molecular flexibility index (Phi) is 4.15. The van der Waals surface area contributed by atoms with Crippen molar-refractivity contribution < 1.29 is 9.23 Å². The van der Waals surface area contributed by atoms with Gasteiger partial charge in [0, 0.05) is 0 Å². The summed E-state index contributed by atoms with van der Waals surface area (Å²) in [6, 6.07) is 7.85. The van der Waals surface area contributed by atoms with Gasteiger partial charge in [-0.05, 0) is 17.7 Å². The summed E-state index contributed by atoms with van der Waals surface area (Å²) in [6.45, 7) is 0.280. The van der Waals surface area contributed by atoms with E-state index >= 15 is 0 Å². The van der Waals surface area contributed by atoms with E-state index in [1.54, 1.807) is 12.1 Å². The Bertz CT molecular complexity index is 340. The summed E-state index contributed by atoms with van der Waals surface area (Å²) in [6.07, 6.45) is 1.60. The molecule has 0 N–H and O–H groups in total. The smallest absolute Gasteiger partial charge is 0.142 e. The van der Waals surface area contributed by atoms with E-state index in [9.17, 15) is 4.39 Å². The lowest BCUT2D eigenvalue weighted by Crippen LogP contribution is -1.87. The molecule has 3 nitrogen and oxygen atoms in total. The fourth-order valence-electron chi connectivity index (χ4n) is 0.823. The van der Waals surface area contributed by atoms with Crippen molar-refractivity contribution in [2.24, 2.45) is 5.16 Å². The molecule has 1 aromatic carbocycles. The lowest BCUT2D eigenvalue weighted by Gasteiger charge is -1.98. The van der Waals surface area contributed by atoms with Crippen LogP contribution in [0.25, 0.3) is 0 Å². The summed E-state index contributed by atoms with van der Waals surface area (Å²) >= 11 is 0. The highest BCUT2D eigenvalue weighted by Crippen LogP contribution is 2.03. The third kappa shape index (κ3) is 3.68. The van der Waals surface area contributed by atoms with Gasteiger partial charge in [-0.3, -0.25) is 0 Å². The molecule has 0 spiro atoms. The minimum atomic E-state index is -0.276. The number of hydrogen-bond acceptors (Lipinski definition) is 3. The zero-order chi connectivity index (χ0) is 10.2. The van der Waals surface area contributed by atoms with Gasteiger partial charge in [-0.25, -0.2) is 4.39 Å². The summed E-state index contributed by atoms with van der Waals surface area (Å²) in [5, 5.41) is 11.7. The molecule has 0 aliphatic carbocycles. The van der Waals surface area contributed by atoms with Crippen LogP contribution in [-0.4, -0.2) is 6.21 Å². The van der Waals surface area contributed by atoms with Crippen LogP contribution in [0.1, 0.15) is 12.0 Å². The maximum Gasteiger partial charge on any atom is 0.142 e. The van der Waals surface area contributed by atoms with Gasteiger partial charge in [0.05, 0.1) is 18.7 Å². The standard InChI is InChI=1S/C10H9FN2O/c11-10-4-2-9(3-5-10)8-14-13-7-1-6-12/h2-5,7H,1,8H2/b13-7-. The van der Waals surface area contributed by atoms with Crippen molar-refractivity contribution >= 4 is 6.21 Å². The van der Waals surface area contributed by atoms with Crippen LogP contribution < -0.4 is 0 Å². The van der Waals surface area contributed by atoms with Gasteiger partial charge >= 0.3 is 0 Å². The molecular formula is C10H9FN2O. The maximum absolute atomic E-state index is 12.5. The van der Waals surface area contributed by atoms with Crippen LogP contribution in [0.2, 0.25) is 0 Å². The van der Waals surface area contributed by atoms with Gasteiger partial charge in [-0.15, -0.1) is 0 Å². The second-order valence-electron chi connectivity index (χ2n) is 2.55. The van der Waals surface area contributed by atoms with Crippen LogP contribution >= 0.6 is 0 Å². The predicted molar refractivity (Wildman–Crippen MR) is 49.9 cm³/mol. The Morgan fingerprint density at radius 1 is 1.43 bits per heavy atom. The number of halogens is 1. The largest absolute Gasteiger partial charge is 0.391 e. The molecule has 0 aliphatic rings. The summed E-state index contributed by atoms with van der Waals surface area (Å²) in [5.74, 6) is -0.276. The van der Waals surface area contributed by atoms with Crippen LogP contribution in [0.3, 0.4) is 0 Å². The monoisotopic (exact) mass is 192 g/mol. The van der Waals surface area contributed by atoms with Crippen molar-refractivity contribution in [2.75, 3.05) is 0 Å². The average Bonchev–Trinajstić information content (AvgIpc) is 2.21. The summed E-state index contributed by atoms with van der Waals surface area (Å²) in [5.41, 5.74) is 0.834. The molecule has 0 aliphatic heterocycles. The van der Waals surface area contributed by atoms with Crippen molar-refractivity contribution in [2.45, 2.75) is 13.0 Å². The Labute approximate surface area is 81.4 Å². The Morgan fingerprint density at radius 3 is 2.79 bits per heavy atom. The molecule has 0 atom stereocenters. The molecule has 1 aromatic rings. The number of nitrogens with zero attached hydrogens (tertiary/aromatic N) is 2. The van der Waals surface area contributed by atoms with Crippen molar-refractivity contribution in [3.63, 3.8) is 0 Å². The first kappa shape index (κ1) is 10.2. The Balaban J connectivity index is 2.32. The van der Waals surface area contributed by atoms with E-state index in [1.165, 1.54) is 18.3 Å². The second-order valence-corrected chi connectivity index (χ2v) is 2.55. The summed E-state index contributed by atoms with van der Waals surface area (Å²) < 4.78 is 12.5. The Hall–Kier alpha value is -1.89. The predicted octanol–water partition coefficient (Wildman–Crippen LogP) is 2.24. The minimum Gasteiger partial charge on any atom is -0.391 e. The molecular weight excluding hydrogens is 183 g/mol. The van der Waals surface area contributed by atoms with Gasteiger partial charge < -0.3 is 4.84 Å².